The van der Waals surface area contributed by atoms with Gasteiger partial charge in [0.15, 0.2) is 5.69 Å². The minimum Gasteiger partial charge on any atom is -0.389 e. The summed E-state index contributed by atoms with van der Waals surface area (Å²) < 4.78 is 41.1. The molecule has 0 saturated heterocycles. The second-order valence-corrected chi connectivity index (χ2v) is 7.54. The van der Waals surface area contributed by atoms with Gasteiger partial charge >= 0.3 is 0 Å². The van der Waals surface area contributed by atoms with E-state index < -0.39 is 23.8 Å². The smallest absolute Gasteiger partial charge is 0.277 e. The zero-order valence-electron chi connectivity index (χ0n) is 17.3. The summed E-state index contributed by atoms with van der Waals surface area (Å²) in [5.74, 6) is -2.22. The first-order valence-electron chi connectivity index (χ1n) is 9.64. The number of anilines is 2. The monoisotopic (exact) mass is 451 g/mol. The highest BCUT2D eigenvalue weighted by Crippen LogP contribution is 2.34. The van der Waals surface area contributed by atoms with Crippen molar-refractivity contribution in [2.75, 3.05) is 24.3 Å². The van der Waals surface area contributed by atoms with Gasteiger partial charge in [0, 0.05) is 20.3 Å². The number of halogens is 2. The van der Waals surface area contributed by atoms with Crippen molar-refractivity contribution in [3.05, 3.63) is 47.4 Å². The molecule has 2 heterocycles. The van der Waals surface area contributed by atoms with Gasteiger partial charge in [-0.25, -0.2) is 13.8 Å². The van der Waals surface area contributed by atoms with Crippen LogP contribution in [0.4, 0.5) is 19.5 Å². The fraction of sp³-hybridized carbons (Fsp3) is 0.350. The molecule has 3 aromatic rings. The first kappa shape index (κ1) is 22.8. The zero-order chi connectivity index (χ0) is 22.5. The summed E-state index contributed by atoms with van der Waals surface area (Å²) in [6, 6.07) is 3.47. The predicted molar refractivity (Wildman–Crippen MR) is 114 cm³/mol. The van der Waals surface area contributed by atoms with Crippen molar-refractivity contribution in [3.8, 4) is 10.6 Å². The highest BCUT2D eigenvalue weighted by Gasteiger charge is 2.25. The molecule has 0 aliphatic rings. The highest BCUT2D eigenvalue weighted by atomic mass is 32.1. The summed E-state index contributed by atoms with van der Waals surface area (Å²) in [5.41, 5.74) is 6.33. The van der Waals surface area contributed by atoms with Crippen molar-refractivity contribution in [2.24, 2.45) is 7.05 Å². The average Bonchev–Trinajstić information content (AvgIpc) is 3.28. The van der Waals surface area contributed by atoms with Gasteiger partial charge in [-0.05, 0) is 25.5 Å². The van der Waals surface area contributed by atoms with Gasteiger partial charge in [0.1, 0.15) is 27.3 Å². The molecule has 0 aliphatic heterocycles. The molecule has 0 aliphatic carbocycles. The van der Waals surface area contributed by atoms with Crippen LogP contribution in [0.2, 0.25) is 0 Å². The lowest BCUT2D eigenvalue weighted by Crippen LogP contribution is -2.19. The molecule has 1 aromatic carbocycles. The van der Waals surface area contributed by atoms with Crippen LogP contribution in [-0.2, 0) is 16.5 Å². The molecule has 2 aromatic heterocycles. The van der Waals surface area contributed by atoms with Crippen LogP contribution in [0.15, 0.2) is 24.4 Å². The van der Waals surface area contributed by atoms with Crippen LogP contribution < -0.4 is 11.1 Å². The summed E-state index contributed by atoms with van der Waals surface area (Å²) in [6.07, 6.45) is 1.51. The van der Waals surface area contributed by atoms with Crippen molar-refractivity contribution < 1.29 is 23.0 Å². The number of ether oxygens (including phenoxy) is 2. The van der Waals surface area contributed by atoms with E-state index in [1.54, 1.807) is 7.05 Å². The van der Waals surface area contributed by atoms with E-state index in [9.17, 15) is 13.6 Å². The number of nitrogens with zero attached hydrogens (tertiary/aromatic N) is 3. The van der Waals surface area contributed by atoms with E-state index in [1.807, 2.05) is 13.8 Å². The fourth-order valence-electron chi connectivity index (χ4n) is 2.89. The summed E-state index contributed by atoms with van der Waals surface area (Å²) in [7, 11) is 1.70. The molecule has 31 heavy (non-hydrogen) atoms. The lowest BCUT2D eigenvalue weighted by molar-refractivity contribution is -0.147. The molecule has 0 bridgehead atoms. The fourth-order valence-corrected chi connectivity index (χ4v) is 3.77. The van der Waals surface area contributed by atoms with E-state index in [0.717, 1.165) is 29.9 Å². The molecular formula is C20H23F2N5O3S. The Labute approximate surface area is 182 Å². The van der Waals surface area contributed by atoms with Crippen LogP contribution in [0, 0.1) is 11.6 Å². The van der Waals surface area contributed by atoms with Gasteiger partial charge in [0.2, 0.25) is 6.29 Å². The maximum atomic E-state index is 14.1. The third kappa shape index (κ3) is 4.89. The zero-order valence-corrected chi connectivity index (χ0v) is 18.1. The number of amides is 1. The van der Waals surface area contributed by atoms with Crippen molar-refractivity contribution >= 4 is 27.9 Å². The maximum absolute atomic E-state index is 14.1. The molecule has 0 radical (unpaired) electrons. The number of rotatable bonds is 9. The third-order valence-corrected chi connectivity index (χ3v) is 5.19. The van der Waals surface area contributed by atoms with Crippen LogP contribution in [-0.4, -0.2) is 33.9 Å². The van der Waals surface area contributed by atoms with Crippen molar-refractivity contribution in [3.63, 3.8) is 0 Å². The van der Waals surface area contributed by atoms with Crippen LogP contribution in [0.1, 0.15) is 42.7 Å². The van der Waals surface area contributed by atoms with Crippen molar-refractivity contribution in [1.29, 1.82) is 0 Å². The van der Waals surface area contributed by atoms with Gasteiger partial charge in [-0.2, -0.15) is 5.10 Å². The quantitative estimate of drug-likeness (QED) is 0.474. The summed E-state index contributed by atoms with van der Waals surface area (Å²) in [4.78, 5) is 16.9. The number of nitrogen functional groups attached to an aromatic ring is 1. The first-order valence-corrected chi connectivity index (χ1v) is 10.5. The first-order chi connectivity index (χ1) is 14.9. The highest BCUT2D eigenvalue weighted by molar-refractivity contribution is 7.19. The number of nitrogens with one attached hydrogen (secondary N) is 1. The number of nitrogens with two attached hydrogens (primary N) is 1. The largest absolute Gasteiger partial charge is 0.389 e. The number of benzene rings is 1. The second-order valence-electron chi connectivity index (χ2n) is 6.51. The summed E-state index contributed by atoms with van der Waals surface area (Å²) >= 11 is 0.825. The standard InChI is InChI=1S/C20H23F2N5O3S/c1-4-9-30-20(29-5-2)16-13(10-24-27(16)3)25-18(28)15-17(23)31-19(26-15)14-11(21)7-6-8-12(14)22/h6-8,10,20H,4-5,9,23H2,1-3H3,(H,25,28). The number of hydrogen-bond acceptors (Lipinski definition) is 7. The van der Waals surface area contributed by atoms with E-state index in [0.29, 0.717) is 24.6 Å². The molecule has 3 rings (SSSR count). The summed E-state index contributed by atoms with van der Waals surface area (Å²) in [6.45, 7) is 4.65. The van der Waals surface area contributed by atoms with E-state index >= 15 is 0 Å². The molecule has 11 heteroatoms. The molecule has 1 unspecified atom stereocenters. The Bertz CT molecular complexity index is 1050. The van der Waals surface area contributed by atoms with E-state index in [2.05, 4.69) is 15.4 Å². The molecule has 0 spiro atoms. The Morgan fingerprint density at radius 2 is 2.00 bits per heavy atom. The van der Waals surface area contributed by atoms with E-state index in [-0.39, 0.29) is 21.3 Å². The van der Waals surface area contributed by atoms with Gasteiger partial charge in [0.25, 0.3) is 5.91 Å². The van der Waals surface area contributed by atoms with Crippen molar-refractivity contribution in [2.45, 2.75) is 26.6 Å². The number of hydrogen-bond donors (Lipinski definition) is 2. The normalized spacial score (nSPS) is 12.2. The molecule has 1 atom stereocenters. The average molecular weight is 451 g/mol. The van der Waals surface area contributed by atoms with E-state index in [1.165, 1.54) is 16.9 Å². The predicted octanol–water partition coefficient (Wildman–Crippen LogP) is 4.12. The Balaban J connectivity index is 1.89. The molecule has 0 saturated carbocycles. The van der Waals surface area contributed by atoms with Gasteiger partial charge in [-0.3, -0.25) is 9.48 Å². The summed E-state index contributed by atoms with van der Waals surface area (Å²) in [5, 5.41) is 6.87. The third-order valence-electron chi connectivity index (χ3n) is 4.29. The number of aromatic nitrogens is 3. The van der Waals surface area contributed by atoms with Crippen LogP contribution in [0.3, 0.4) is 0 Å². The Morgan fingerprint density at radius 3 is 2.65 bits per heavy atom. The van der Waals surface area contributed by atoms with Crippen LogP contribution in [0.25, 0.3) is 10.6 Å². The van der Waals surface area contributed by atoms with Crippen LogP contribution >= 0.6 is 11.3 Å². The number of carbonyl (C=O) groups excluding carboxylic acids is 1. The molecule has 8 nitrogen and oxygen atoms in total. The number of carbonyl (C=O) groups is 1. The topological polar surface area (TPSA) is 104 Å². The Kier molecular flexibility index (Phi) is 7.31. The van der Waals surface area contributed by atoms with Gasteiger partial charge in [0.05, 0.1) is 17.4 Å². The Hall–Kier alpha value is -2.89. The lowest BCUT2D eigenvalue weighted by Gasteiger charge is -2.19. The number of aryl methyl sites for hydroxylation is 1. The number of thiazole rings is 1. The second kappa shape index (κ2) is 9.94. The van der Waals surface area contributed by atoms with E-state index in [4.69, 9.17) is 15.2 Å². The minimum absolute atomic E-state index is 0.0249. The SMILES string of the molecule is CCCOC(OCC)c1c(NC(=O)c2nc(-c3c(F)cccc3F)sc2N)cnn1C. The maximum Gasteiger partial charge on any atom is 0.277 e. The molecule has 3 N–H and O–H groups in total. The van der Waals surface area contributed by atoms with Gasteiger partial charge in [-0.1, -0.05) is 24.3 Å². The minimum atomic E-state index is -0.789. The molecule has 166 valence electrons. The van der Waals surface area contributed by atoms with Crippen molar-refractivity contribution in [1.82, 2.24) is 14.8 Å². The molecular weight excluding hydrogens is 428 g/mol. The van der Waals surface area contributed by atoms with Gasteiger partial charge < -0.3 is 20.5 Å². The lowest BCUT2D eigenvalue weighted by atomic mass is 10.2. The Morgan fingerprint density at radius 1 is 1.29 bits per heavy atom. The van der Waals surface area contributed by atoms with Gasteiger partial charge in [-0.15, -0.1) is 0 Å². The molecule has 0 fully saturated rings. The molecule has 1 amide bonds. The van der Waals surface area contributed by atoms with Crippen LogP contribution in [0.5, 0.6) is 0 Å².